The van der Waals surface area contributed by atoms with Gasteiger partial charge in [0.2, 0.25) is 5.91 Å². The number of hydrogen-bond donors (Lipinski definition) is 2. The molecule has 1 amide bonds. The van der Waals surface area contributed by atoms with Crippen molar-refractivity contribution in [1.82, 2.24) is 5.32 Å². The lowest BCUT2D eigenvalue weighted by Crippen LogP contribution is -2.40. The predicted octanol–water partition coefficient (Wildman–Crippen LogP) is 2.86. The number of benzene rings is 1. The van der Waals surface area contributed by atoms with E-state index in [1.165, 1.54) is 14.0 Å². The minimum Gasteiger partial charge on any atom is -0.493 e. The Kier molecular flexibility index (Phi) is 9.44. The first-order chi connectivity index (χ1) is 12.0. The third kappa shape index (κ3) is 6.84. The topological polar surface area (TPSA) is 90.6 Å². The number of carbonyl (C=O) groups is 2. The van der Waals surface area contributed by atoms with Crippen LogP contribution in [0, 0.1) is 0 Å². The molecule has 1 saturated carbocycles. The van der Waals surface area contributed by atoms with Crippen LogP contribution in [0.15, 0.2) is 18.2 Å². The maximum atomic E-state index is 12.0. The molecule has 0 spiro atoms. The van der Waals surface area contributed by atoms with E-state index in [0.717, 1.165) is 25.7 Å². The van der Waals surface area contributed by atoms with E-state index in [1.807, 2.05) is 0 Å². The fraction of sp³-hybridized carbons (Fsp3) is 0.579. The van der Waals surface area contributed by atoms with Crippen LogP contribution in [-0.2, 0) is 4.79 Å². The van der Waals surface area contributed by atoms with Crippen LogP contribution in [0.4, 0.5) is 0 Å². The van der Waals surface area contributed by atoms with Crippen LogP contribution in [0.2, 0.25) is 0 Å². The number of halogens is 1. The van der Waals surface area contributed by atoms with Crippen LogP contribution in [0.3, 0.4) is 0 Å². The van der Waals surface area contributed by atoms with Gasteiger partial charge in [-0.1, -0.05) is 0 Å². The van der Waals surface area contributed by atoms with E-state index in [1.54, 1.807) is 18.2 Å². The van der Waals surface area contributed by atoms with Gasteiger partial charge in [-0.25, -0.2) is 0 Å². The van der Waals surface area contributed by atoms with Crippen molar-refractivity contribution in [3.8, 4) is 11.5 Å². The number of methoxy groups -OCH3 is 1. The Morgan fingerprint density at radius 3 is 2.50 bits per heavy atom. The van der Waals surface area contributed by atoms with Crippen molar-refractivity contribution in [1.29, 1.82) is 0 Å². The molecule has 1 aromatic carbocycles. The Bertz CT molecular complexity index is 601. The summed E-state index contributed by atoms with van der Waals surface area (Å²) in [5.41, 5.74) is 6.45. The van der Waals surface area contributed by atoms with E-state index >= 15 is 0 Å². The molecule has 0 aromatic heterocycles. The van der Waals surface area contributed by atoms with Gasteiger partial charge in [-0.3, -0.25) is 9.59 Å². The second-order valence-electron chi connectivity index (χ2n) is 6.55. The molecule has 0 heterocycles. The highest BCUT2D eigenvalue weighted by Crippen LogP contribution is 2.28. The van der Waals surface area contributed by atoms with Crippen LogP contribution in [0.5, 0.6) is 11.5 Å². The monoisotopic (exact) mass is 384 g/mol. The molecule has 1 aliphatic carbocycles. The molecule has 0 radical (unpaired) electrons. The summed E-state index contributed by atoms with van der Waals surface area (Å²) in [6.45, 7) is 1.92. The normalized spacial score (nSPS) is 19.2. The molecule has 0 saturated heterocycles. The number of nitrogens with one attached hydrogen (secondary N) is 1. The number of carbonyl (C=O) groups excluding carboxylic acids is 2. The fourth-order valence-corrected chi connectivity index (χ4v) is 2.98. The molecule has 1 aliphatic rings. The Hall–Kier alpha value is -1.79. The molecule has 0 bridgehead atoms. The van der Waals surface area contributed by atoms with Crippen molar-refractivity contribution in [3.63, 3.8) is 0 Å². The number of nitrogens with two attached hydrogens (primary N) is 1. The standard InChI is InChI=1S/C19H28N2O4.ClH/c1-13(22)14-5-10-17(18(12-14)24-2)25-11-3-4-19(23)21-16-8-6-15(20)7-9-16;/h5,10,12,15-16H,3-4,6-9,11,20H2,1-2H3,(H,21,23);1H. The Morgan fingerprint density at radius 1 is 1.19 bits per heavy atom. The lowest BCUT2D eigenvalue weighted by Gasteiger charge is -2.26. The molecule has 26 heavy (non-hydrogen) atoms. The van der Waals surface area contributed by atoms with Crippen LogP contribution in [0.1, 0.15) is 55.8 Å². The van der Waals surface area contributed by atoms with Gasteiger partial charge in [0, 0.05) is 24.1 Å². The maximum Gasteiger partial charge on any atom is 0.220 e. The molecule has 0 unspecified atom stereocenters. The lowest BCUT2D eigenvalue weighted by atomic mass is 9.92. The van der Waals surface area contributed by atoms with Crippen molar-refractivity contribution >= 4 is 24.1 Å². The van der Waals surface area contributed by atoms with Gasteiger partial charge >= 0.3 is 0 Å². The van der Waals surface area contributed by atoms with Crippen molar-refractivity contribution in [3.05, 3.63) is 23.8 Å². The average molecular weight is 385 g/mol. The molecule has 3 N–H and O–H groups in total. The van der Waals surface area contributed by atoms with Gasteiger partial charge in [-0.2, -0.15) is 0 Å². The molecule has 7 heteroatoms. The molecule has 0 aliphatic heterocycles. The summed E-state index contributed by atoms with van der Waals surface area (Å²) >= 11 is 0. The van der Waals surface area contributed by atoms with E-state index in [9.17, 15) is 9.59 Å². The largest absolute Gasteiger partial charge is 0.493 e. The van der Waals surface area contributed by atoms with E-state index in [4.69, 9.17) is 15.2 Å². The van der Waals surface area contributed by atoms with Gasteiger partial charge in [-0.05, 0) is 57.2 Å². The zero-order valence-electron chi connectivity index (χ0n) is 15.5. The summed E-state index contributed by atoms with van der Waals surface area (Å²) < 4.78 is 10.9. The van der Waals surface area contributed by atoms with Gasteiger partial charge in [0.05, 0.1) is 13.7 Å². The first-order valence-corrected chi connectivity index (χ1v) is 8.86. The summed E-state index contributed by atoms with van der Waals surface area (Å²) in [4.78, 5) is 23.4. The third-order valence-corrected chi connectivity index (χ3v) is 4.51. The second-order valence-corrected chi connectivity index (χ2v) is 6.55. The fourth-order valence-electron chi connectivity index (χ4n) is 2.98. The van der Waals surface area contributed by atoms with E-state index in [2.05, 4.69) is 5.32 Å². The summed E-state index contributed by atoms with van der Waals surface area (Å²) in [6.07, 6.45) is 4.92. The smallest absolute Gasteiger partial charge is 0.220 e. The number of amides is 1. The van der Waals surface area contributed by atoms with Crippen molar-refractivity contribution in [2.24, 2.45) is 5.73 Å². The maximum absolute atomic E-state index is 12.0. The molecule has 6 nitrogen and oxygen atoms in total. The highest BCUT2D eigenvalue weighted by atomic mass is 35.5. The summed E-state index contributed by atoms with van der Waals surface area (Å²) in [7, 11) is 1.54. The number of rotatable bonds is 8. The summed E-state index contributed by atoms with van der Waals surface area (Å²) in [5.74, 6) is 1.14. The average Bonchev–Trinajstić information content (AvgIpc) is 2.60. The Balaban J connectivity index is 0.00000338. The second kappa shape index (κ2) is 11.0. The molecule has 0 atom stereocenters. The zero-order valence-corrected chi connectivity index (χ0v) is 16.3. The van der Waals surface area contributed by atoms with E-state index in [-0.39, 0.29) is 36.2 Å². The van der Waals surface area contributed by atoms with E-state index in [0.29, 0.717) is 36.5 Å². The van der Waals surface area contributed by atoms with Gasteiger partial charge in [0.25, 0.3) is 0 Å². The first-order valence-electron chi connectivity index (χ1n) is 8.86. The van der Waals surface area contributed by atoms with Gasteiger partial charge < -0.3 is 20.5 Å². The highest BCUT2D eigenvalue weighted by Gasteiger charge is 2.19. The summed E-state index contributed by atoms with van der Waals surface area (Å²) in [5, 5.41) is 3.07. The number of ketones is 1. The third-order valence-electron chi connectivity index (χ3n) is 4.51. The quantitative estimate of drug-likeness (QED) is 0.531. The van der Waals surface area contributed by atoms with Crippen LogP contribution < -0.4 is 20.5 Å². The predicted molar refractivity (Wildman–Crippen MR) is 103 cm³/mol. The molecule has 146 valence electrons. The van der Waals surface area contributed by atoms with Gasteiger partial charge in [0.1, 0.15) is 0 Å². The zero-order chi connectivity index (χ0) is 18.2. The molecule has 2 rings (SSSR count). The molecular formula is C19H29ClN2O4. The Morgan fingerprint density at radius 2 is 1.88 bits per heavy atom. The van der Waals surface area contributed by atoms with Crippen molar-refractivity contribution < 1.29 is 19.1 Å². The molecule has 1 aromatic rings. The number of hydrogen-bond acceptors (Lipinski definition) is 5. The van der Waals surface area contributed by atoms with Crippen LogP contribution in [0.25, 0.3) is 0 Å². The van der Waals surface area contributed by atoms with Crippen LogP contribution >= 0.6 is 12.4 Å². The minimum atomic E-state index is -0.0230. The number of Topliss-reactive ketones (excluding diaryl/α,β-unsaturated/α-hetero) is 1. The van der Waals surface area contributed by atoms with Crippen molar-refractivity contribution in [2.75, 3.05) is 13.7 Å². The van der Waals surface area contributed by atoms with E-state index < -0.39 is 0 Å². The van der Waals surface area contributed by atoms with Gasteiger partial charge in [0.15, 0.2) is 17.3 Å². The number of ether oxygens (including phenoxy) is 2. The Labute approximate surface area is 161 Å². The summed E-state index contributed by atoms with van der Waals surface area (Å²) in [6, 6.07) is 5.64. The molecule has 1 fully saturated rings. The van der Waals surface area contributed by atoms with Gasteiger partial charge in [-0.15, -0.1) is 12.4 Å². The molecular weight excluding hydrogens is 356 g/mol. The first kappa shape index (κ1) is 22.3. The lowest BCUT2D eigenvalue weighted by molar-refractivity contribution is -0.122. The minimum absolute atomic E-state index is 0. The van der Waals surface area contributed by atoms with Crippen LogP contribution in [-0.4, -0.2) is 37.5 Å². The SMILES string of the molecule is COc1cc(C(C)=O)ccc1OCCCC(=O)NC1CCC(N)CC1.Cl. The highest BCUT2D eigenvalue weighted by molar-refractivity contribution is 5.94. The van der Waals surface area contributed by atoms with Crippen molar-refractivity contribution in [2.45, 2.75) is 57.5 Å².